The maximum absolute atomic E-state index is 12.1. The molecule has 0 saturated carbocycles. The topological polar surface area (TPSA) is 96.4 Å². The van der Waals surface area contributed by atoms with Gasteiger partial charge in [0.15, 0.2) is 5.69 Å². The Morgan fingerprint density at radius 3 is 2.65 bits per heavy atom. The third-order valence-corrected chi connectivity index (χ3v) is 3.40. The number of hydrogen-bond donors (Lipinski definition) is 2. The highest BCUT2D eigenvalue weighted by atomic mass is 16.5. The maximum atomic E-state index is 12.1. The lowest BCUT2D eigenvalue weighted by molar-refractivity contribution is 0.0734. The van der Waals surface area contributed by atoms with Gasteiger partial charge in [0, 0.05) is 5.69 Å². The van der Waals surface area contributed by atoms with Crippen LogP contribution < -0.4 is 10.2 Å². The molecule has 2 N–H and O–H groups in total. The summed E-state index contributed by atoms with van der Waals surface area (Å²) < 4.78 is 5.34. The van der Waals surface area contributed by atoms with Crippen LogP contribution in [0.4, 0.5) is 0 Å². The molecule has 0 radical (unpaired) electrons. The Hall–Kier alpha value is -3.74. The first-order valence-corrected chi connectivity index (χ1v) is 7.84. The van der Waals surface area contributed by atoms with Crippen LogP contribution in [0.25, 0.3) is 0 Å². The molecule has 130 valence electrons. The van der Waals surface area contributed by atoms with Gasteiger partial charge in [0.05, 0.1) is 11.8 Å². The highest BCUT2D eigenvalue weighted by Crippen LogP contribution is 2.14. The number of nitrogens with zero attached hydrogens (tertiary/aromatic N) is 2. The van der Waals surface area contributed by atoms with E-state index >= 15 is 0 Å². The molecule has 2 aromatic carbocycles. The molecule has 3 aromatic rings. The molecule has 0 saturated heterocycles. The van der Waals surface area contributed by atoms with Crippen molar-refractivity contribution in [3.05, 3.63) is 83.2 Å². The third kappa shape index (κ3) is 4.41. The average molecular weight is 348 g/mol. The number of carbonyl (C=O) groups is 2. The van der Waals surface area contributed by atoms with E-state index in [-0.39, 0.29) is 5.69 Å². The fraction of sp³-hybridized carbons (Fsp3) is 0.0526. The van der Waals surface area contributed by atoms with Crippen LogP contribution in [0.3, 0.4) is 0 Å². The number of hydrazone groups is 1. The molecule has 0 unspecified atom stereocenters. The maximum Gasteiger partial charge on any atom is 0.343 e. The van der Waals surface area contributed by atoms with Gasteiger partial charge in [-0.05, 0) is 42.8 Å². The molecule has 0 bridgehead atoms. The van der Waals surface area contributed by atoms with Crippen molar-refractivity contribution < 1.29 is 14.3 Å². The van der Waals surface area contributed by atoms with Crippen molar-refractivity contribution in [1.82, 2.24) is 15.6 Å². The van der Waals surface area contributed by atoms with E-state index in [0.717, 1.165) is 5.69 Å². The van der Waals surface area contributed by atoms with Gasteiger partial charge in [0.2, 0.25) is 0 Å². The predicted molar refractivity (Wildman–Crippen MR) is 96.2 cm³/mol. The number of H-pyrrole nitrogens is 1. The van der Waals surface area contributed by atoms with Gasteiger partial charge in [-0.25, -0.2) is 10.2 Å². The number of rotatable bonds is 5. The van der Waals surface area contributed by atoms with Crippen molar-refractivity contribution >= 4 is 18.1 Å². The summed E-state index contributed by atoms with van der Waals surface area (Å²) in [5, 5.41) is 10.4. The first-order chi connectivity index (χ1) is 12.6. The summed E-state index contributed by atoms with van der Waals surface area (Å²) in [6.45, 7) is 1.80. The summed E-state index contributed by atoms with van der Waals surface area (Å²) >= 11 is 0. The SMILES string of the molecule is Cc1cc(C(=O)N/N=C\c2cccc(OC(=O)c3ccccc3)c2)n[nH]1. The van der Waals surface area contributed by atoms with E-state index in [1.807, 2.05) is 6.07 Å². The Bertz CT molecular complexity index is 948. The highest BCUT2D eigenvalue weighted by molar-refractivity contribution is 5.93. The van der Waals surface area contributed by atoms with E-state index < -0.39 is 11.9 Å². The Morgan fingerprint density at radius 2 is 1.92 bits per heavy atom. The zero-order valence-electron chi connectivity index (χ0n) is 14.0. The number of amides is 1. The second kappa shape index (κ2) is 7.89. The minimum atomic E-state index is -0.443. The Balaban J connectivity index is 1.62. The highest BCUT2D eigenvalue weighted by Gasteiger charge is 2.09. The van der Waals surface area contributed by atoms with Gasteiger partial charge in [-0.2, -0.15) is 10.2 Å². The van der Waals surface area contributed by atoms with Crippen molar-refractivity contribution in [3.63, 3.8) is 0 Å². The van der Waals surface area contributed by atoms with Crippen molar-refractivity contribution in [2.45, 2.75) is 6.92 Å². The molecule has 0 aliphatic rings. The lowest BCUT2D eigenvalue weighted by Gasteiger charge is -2.04. The second-order valence-corrected chi connectivity index (χ2v) is 5.46. The average Bonchev–Trinajstić information content (AvgIpc) is 3.09. The van der Waals surface area contributed by atoms with Gasteiger partial charge in [0.1, 0.15) is 5.75 Å². The van der Waals surface area contributed by atoms with E-state index in [2.05, 4.69) is 20.7 Å². The van der Waals surface area contributed by atoms with Crippen LogP contribution in [0.1, 0.15) is 32.1 Å². The van der Waals surface area contributed by atoms with Gasteiger partial charge in [0.25, 0.3) is 5.91 Å². The second-order valence-electron chi connectivity index (χ2n) is 5.46. The molecule has 0 atom stereocenters. The number of aromatic nitrogens is 2. The van der Waals surface area contributed by atoms with Crippen LogP contribution in [0.2, 0.25) is 0 Å². The molecule has 0 aliphatic heterocycles. The largest absolute Gasteiger partial charge is 0.423 e. The normalized spacial score (nSPS) is 10.7. The van der Waals surface area contributed by atoms with Crippen LogP contribution >= 0.6 is 0 Å². The third-order valence-electron chi connectivity index (χ3n) is 3.40. The Morgan fingerprint density at radius 1 is 1.12 bits per heavy atom. The minimum Gasteiger partial charge on any atom is -0.423 e. The van der Waals surface area contributed by atoms with Crippen molar-refractivity contribution in [2.24, 2.45) is 5.10 Å². The first-order valence-electron chi connectivity index (χ1n) is 7.84. The summed E-state index contributed by atoms with van der Waals surface area (Å²) in [6, 6.07) is 17.2. The van der Waals surface area contributed by atoms with Crippen LogP contribution in [-0.4, -0.2) is 28.3 Å². The Kier molecular flexibility index (Phi) is 5.19. The number of hydrogen-bond acceptors (Lipinski definition) is 5. The molecule has 1 aromatic heterocycles. The number of aryl methyl sites for hydroxylation is 1. The molecule has 0 fully saturated rings. The number of ether oxygens (including phenoxy) is 1. The molecular formula is C19H16N4O3. The summed E-state index contributed by atoms with van der Waals surface area (Å²) in [4.78, 5) is 23.9. The monoisotopic (exact) mass is 348 g/mol. The lowest BCUT2D eigenvalue weighted by atomic mass is 10.2. The molecule has 7 nitrogen and oxygen atoms in total. The fourth-order valence-electron chi connectivity index (χ4n) is 2.16. The molecule has 1 amide bonds. The molecule has 0 aliphatic carbocycles. The van der Waals surface area contributed by atoms with Gasteiger partial charge >= 0.3 is 5.97 Å². The van der Waals surface area contributed by atoms with Gasteiger partial charge in [-0.1, -0.05) is 30.3 Å². The number of aromatic amines is 1. The number of nitrogens with one attached hydrogen (secondary N) is 2. The van der Waals surface area contributed by atoms with Crippen molar-refractivity contribution in [3.8, 4) is 5.75 Å². The Labute approximate surface area is 149 Å². The first kappa shape index (κ1) is 17.1. The minimum absolute atomic E-state index is 0.255. The summed E-state index contributed by atoms with van der Waals surface area (Å²) in [6.07, 6.45) is 1.46. The van der Waals surface area contributed by atoms with E-state index in [1.165, 1.54) is 6.21 Å². The quantitative estimate of drug-likeness (QED) is 0.321. The number of carbonyl (C=O) groups excluding carboxylic acids is 2. The summed E-state index contributed by atoms with van der Waals surface area (Å²) in [5.74, 6) is -0.476. The van der Waals surface area contributed by atoms with Crippen LogP contribution in [0, 0.1) is 6.92 Å². The van der Waals surface area contributed by atoms with Gasteiger partial charge < -0.3 is 4.74 Å². The van der Waals surface area contributed by atoms with Crippen LogP contribution in [0.5, 0.6) is 5.75 Å². The molecular weight excluding hydrogens is 332 g/mol. The molecule has 1 heterocycles. The number of esters is 1. The summed E-state index contributed by atoms with van der Waals surface area (Å²) in [5.41, 5.74) is 4.56. The zero-order chi connectivity index (χ0) is 18.4. The van der Waals surface area contributed by atoms with E-state index in [0.29, 0.717) is 16.9 Å². The molecule has 3 rings (SSSR count). The fourth-order valence-corrected chi connectivity index (χ4v) is 2.16. The van der Waals surface area contributed by atoms with Crippen LogP contribution in [-0.2, 0) is 0 Å². The summed E-state index contributed by atoms with van der Waals surface area (Å²) in [7, 11) is 0. The molecule has 0 spiro atoms. The van der Waals surface area contributed by atoms with E-state index in [1.54, 1.807) is 61.5 Å². The predicted octanol–water partition coefficient (Wildman–Crippen LogP) is 2.70. The van der Waals surface area contributed by atoms with Gasteiger partial charge in [-0.15, -0.1) is 0 Å². The van der Waals surface area contributed by atoms with E-state index in [9.17, 15) is 9.59 Å². The van der Waals surface area contributed by atoms with Crippen molar-refractivity contribution in [2.75, 3.05) is 0 Å². The van der Waals surface area contributed by atoms with E-state index in [4.69, 9.17) is 4.74 Å². The molecule has 26 heavy (non-hydrogen) atoms. The number of benzene rings is 2. The lowest BCUT2D eigenvalue weighted by Crippen LogP contribution is -2.18. The smallest absolute Gasteiger partial charge is 0.343 e. The zero-order valence-corrected chi connectivity index (χ0v) is 14.0. The van der Waals surface area contributed by atoms with Gasteiger partial charge in [-0.3, -0.25) is 9.89 Å². The van der Waals surface area contributed by atoms with Crippen LogP contribution in [0.15, 0.2) is 65.8 Å². The van der Waals surface area contributed by atoms with Crippen molar-refractivity contribution in [1.29, 1.82) is 0 Å². The molecule has 7 heteroatoms. The standard InChI is InChI=1S/C19H16N4O3/c1-13-10-17(22-21-13)18(24)23-20-12-14-6-5-9-16(11-14)26-19(25)15-7-3-2-4-8-15/h2-12H,1H3,(H,21,22)(H,23,24)/b20-12-.